The van der Waals surface area contributed by atoms with E-state index in [1.165, 1.54) is 0 Å². The molecule has 1 aliphatic rings. The number of pyridine rings is 1. The monoisotopic (exact) mass is 387 g/mol. The van der Waals surface area contributed by atoms with Gasteiger partial charge in [0.2, 0.25) is 0 Å². The molecule has 0 spiro atoms. The van der Waals surface area contributed by atoms with Gasteiger partial charge in [-0.2, -0.15) is 4.98 Å². The van der Waals surface area contributed by atoms with E-state index in [0.717, 1.165) is 60.0 Å². The predicted octanol–water partition coefficient (Wildman–Crippen LogP) is 4.05. The average Bonchev–Trinajstić information content (AvgIpc) is 3.17. The summed E-state index contributed by atoms with van der Waals surface area (Å²) in [6, 6.07) is 18.0. The molecule has 1 saturated heterocycles. The lowest BCUT2D eigenvalue weighted by Crippen LogP contribution is -2.36. The normalized spacial score (nSPS) is 14.3. The van der Waals surface area contributed by atoms with Crippen molar-refractivity contribution < 1.29 is 9.15 Å². The van der Waals surface area contributed by atoms with Gasteiger partial charge in [0.15, 0.2) is 5.58 Å². The van der Waals surface area contributed by atoms with Crippen LogP contribution in [-0.4, -0.2) is 36.3 Å². The van der Waals surface area contributed by atoms with Crippen molar-refractivity contribution in [2.24, 2.45) is 0 Å². The summed E-state index contributed by atoms with van der Waals surface area (Å²) in [7, 11) is 0. The van der Waals surface area contributed by atoms with Crippen LogP contribution in [0.4, 0.5) is 23.2 Å². The zero-order valence-corrected chi connectivity index (χ0v) is 15.8. The van der Waals surface area contributed by atoms with Crippen molar-refractivity contribution >= 4 is 34.3 Å². The number of ether oxygens (including phenoxy) is 1. The van der Waals surface area contributed by atoms with E-state index in [1.54, 1.807) is 6.20 Å². The average molecular weight is 387 g/mol. The topological polar surface area (TPSA) is 89.4 Å². The highest BCUT2D eigenvalue weighted by atomic mass is 16.5. The number of nitrogens with zero attached hydrogens (tertiary/aromatic N) is 3. The number of fused-ring (bicyclic) bond motifs is 1. The number of hydrogen-bond donors (Lipinski definition) is 2. The minimum atomic E-state index is 0.428. The Balaban J connectivity index is 1.40. The summed E-state index contributed by atoms with van der Waals surface area (Å²) in [4.78, 5) is 11.3. The Morgan fingerprint density at radius 1 is 1.00 bits per heavy atom. The quantitative estimate of drug-likeness (QED) is 0.511. The standard InChI is InChI=1S/C22H21N5O2/c23-16-4-1-3-15(13-16)18-5-2-6-19-21(18)29-22(26-19)25-17-7-8-20(24-14-17)27-9-11-28-12-10-27/h1-8,13-14H,9-12,23H2,(H,25,26). The van der Waals surface area contributed by atoms with Crippen LogP contribution in [0.1, 0.15) is 0 Å². The summed E-state index contributed by atoms with van der Waals surface area (Å²) in [6.07, 6.45) is 1.79. The first kappa shape index (κ1) is 17.5. The van der Waals surface area contributed by atoms with Crippen LogP contribution < -0.4 is 16.0 Å². The molecular formula is C22H21N5O2. The second-order valence-corrected chi connectivity index (χ2v) is 6.93. The first-order valence-electron chi connectivity index (χ1n) is 9.57. The second-order valence-electron chi connectivity index (χ2n) is 6.93. The van der Waals surface area contributed by atoms with Crippen LogP contribution in [0, 0.1) is 0 Å². The number of nitrogens with one attached hydrogen (secondary N) is 1. The van der Waals surface area contributed by atoms with Crippen molar-refractivity contribution in [1.82, 2.24) is 9.97 Å². The fourth-order valence-electron chi connectivity index (χ4n) is 3.50. The molecule has 29 heavy (non-hydrogen) atoms. The van der Waals surface area contributed by atoms with Gasteiger partial charge in [0, 0.05) is 24.3 Å². The smallest absolute Gasteiger partial charge is 0.300 e. The van der Waals surface area contributed by atoms with E-state index in [1.807, 2.05) is 54.6 Å². The summed E-state index contributed by atoms with van der Waals surface area (Å²) < 4.78 is 11.4. The van der Waals surface area contributed by atoms with E-state index >= 15 is 0 Å². The maximum absolute atomic E-state index is 6.03. The van der Waals surface area contributed by atoms with Crippen LogP contribution >= 0.6 is 0 Å². The molecular weight excluding hydrogens is 366 g/mol. The molecule has 7 nitrogen and oxygen atoms in total. The third-order valence-electron chi connectivity index (χ3n) is 4.95. The Hall–Kier alpha value is -3.58. The highest BCUT2D eigenvalue weighted by Crippen LogP contribution is 2.32. The second kappa shape index (κ2) is 7.44. The Bertz CT molecular complexity index is 1130. The van der Waals surface area contributed by atoms with Gasteiger partial charge in [-0.15, -0.1) is 0 Å². The molecule has 1 aliphatic heterocycles. The van der Waals surface area contributed by atoms with E-state index in [9.17, 15) is 0 Å². The third kappa shape index (κ3) is 3.60. The zero-order chi connectivity index (χ0) is 19.6. The lowest BCUT2D eigenvalue weighted by Gasteiger charge is -2.27. The van der Waals surface area contributed by atoms with Crippen LogP contribution in [0.15, 0.2) is 65.2 Å². The van der Waals surface area contributed by atoms with Gasteiger partial charge in [0.25, 0.3) is 6.01 Å². The Morgan fingerprint density at radius 3 is 2.66 bits per heavy atom. The number of aromatic nitrogens is 2. The molecule has 7 heteroatoms. The fraction of sp³-hybridized carbons (Fsp3) is 0.182. The van der Waals surface area contributed by atoms with E-state index in [2.05, 4.69) is 20.2 Å². The van der Waals surface area contributed by atoms with Gasteiger partial charge in [-0.1, -0.05) is 24.3 Å². The summed E-state index contributed by atoms with van der Waals surface area (Å²) in [6.45, 7) is 3.19. The number of benzene rings is 2. The number of hydrogen-bond acceptors (Lipinski definition) is 7. The molecule has 1 fully saturated rings. The number of nitrogen functional groups attached to an aromatic ring is 1. The van der Waals surface area contributed by atoms with Crippen molar-refractivity contribution in [3.05, 3.63) is 60.8 Å². The molecule has 5 rings (SSSR count). The van der Waals surface area contributed by atoms with Crippen LogP contribution in [-0.2, 0) is 4.74 Å². The highest BCUT2D eigenvalue weighted by molar-refractivity contribution is 5.91. The molecule has 3 heterocycles. The molecule has 0 amide bonds. The largest absolute Gasteiger partial charge is 0.423 e. The van der Waals surface area contributed by atoms with Crippen molar-refractivity contribution in [3.63, 3.8) is 0 Å². The molecule has 2 aromatic heterocycles. The van der Waals surface area contributed by atoms with Crippen LogP contribution in [0.5, 0.6) is 0 Å². The summed E-state index contributed by atoms with van der Waals surface area (Å²) in [5, 5.41) is 3.21. The number of para-hydroxylation sites is 1. The third-order valence-corrected chi connectivity index (χ3v) is 4.95. The molecule has 0 aliphatic carbocycles. The molecule has 0 saturated carbocycles. The molecule has 0 bridgehead atoms. The van der Waals surface area contributed by atoms with Crippen LogP contribution in [0.3, 0.4) is 0 Å². The van der Waals surface area contributed by atoms with Crippen LogP contribution in [0.2, 0.25) is 0 Å². The van der Waals surface area contributed by atoms with E-state index < -0.39 is 0 Å². The van der Waals surface area contributed by atoms with Crippen molar-refractivity contribution in [2.45, 2.75) is 0 Å². The van der Waals surface area contributed by atoms with Crippen molar-refractivity contribution in [1.29, 1.82) is 0 Å². The van der Waals surface area contributed by atoms with Crippen LogP contribution in [0.25, 0.3) is 22.2 Å². The lowest BCUT2D eigenvalue weighted by molar-refractivity contribution is 0.122. The Labute approximate surface area is 168 Å². The van der Waals surface area contributed by atoms with Gasteiger partial charge in [-0.25, -0.2) is 4.98 Å². The molecule has 0 atom stereocenters. The minimum absolute atomic E-state index is 0.428. The highest BCUT2D eigenvalue weighted by Gasteiger charge is 2.14. The van der Waals surface area contributed by atoms with Crippen molar-refractivity contribution in [2.75, 3.05) is 42.3 Å². The number of oxazole rings is 1. The summed E-state index contributed by atoms with van der Waals surface area (Å²) in [5.41, 5.74) is 10.9. The summed E-state index contributed by atoms with van der Waals surface area (Å²) in [5.74, 6) is 0.945. The Morgan fingerprint density at radius 2 is 1.86 bits per heavy atom. The Kier molecular flexibility index (Phi) is 4.50. The minimum Gasteiger partial charge on any atom is -0.423 e. The van der Waals surface area contributed by atoms with Gasteiger partial charge < -0.3 is 25.1 Å². The lowest BCUT2D eigenvalue weighted by atomic mass is 10.0. The van der Waals surface area contributed by atoms with Gasteiger partial charge in [0.1, 0.15) is 11.3 Å². The maximum atomic E-state index is 6.03. The van der Waals surface area contributed by atoms with E-state index in [4.69, 9.17) is 14.9 Å². The maximum Gasteiger partial charge on any atom is 0.300 e. The predicted molar refractivity (Wildman–Crippen MR) is 114 cm³/mol. The number of rotatable bonds is 4. The van der Waals surface area contributed by atoms with Gasteiger partial charge in [-0.05, 0) is 35.9 Å². The van der Waals surface area contributed by atoms with E-state index in [0.29, 0.717) is 11.7 Å². The van der Waals surface area contributed by atoms with E-state index in [-0.39, 0.29) is 0 Å². The molecule has 0 radical (unpaired) electrons. The summed E-state index contributed by atoms with van der Waals surface area (Å²) >= 11 is 0. The van der Waals surface area contributed by atoms with Crippen molar-refractivity contribution in [3.8, 4) is 11.1 Å². The molecule has 3 N–H and O–H groups in total. The number of nitrogens with two attached hydrogens (primary N) is 1. The zero-order valence-electron chi connectivity index (χ0n) is 15.8. The fourth-order valence-corrected chi connectivity index (χ4v) is 3.50. The first-order chi connectivity index (χ1) is 14.3. The van der Waals surface area contributed by atoms with Gasteiger partial charge >= 0.3 is 0 Å². The van der Waals surface area contributed by atoms with Gasteiger partial charge in [0.05, 0.1) is 25.1 Å². The van der Waals surface area contributed by atoms with Gasteiger partial charge in [-0.3, -0.25) is 0 Å². The molecule has 0 unspecified atom stereocenters. The SMILES string of the molecule is Nc1cccc(-c2cccc3nc(Nc4ccc(N5CCOCC5)nc4)oc23)c1. The molecule has 146 valence electrons. The molecule has 4 aromatic rings. The first-order valence-corrected chi connectivity index (χ1v) is 9.57. The molecule has 2 aromatic carbocycles. The number of anilines is 4. The number of morpholine rings is 1.